The minimum Gasteiger partial charge on any atom is -0.333 e. The molecular formula is C30H27N3O3S. The first-order valence-electron chi connectivity index (χ1n) is 12.0. The number of nitrogens with one attached hydrogen (secondary N) is 1. The molecule has 1 aromatic heterocycles. The minimum atomic E-state index is -3.76. The van der Waals surface area contributed by atoms with Crippen LogP contribution < -0.4 is 5.32 Å². The Hall–Kier alpha value is -4.20. The molecule has 6 nitrogen and oxygen atoms in total. The standard InChI is InChI=1S/C30H27N3O3S/c34-30(33-20-19-27-13-7-8-14-29(27)33)31-21-24-15-17-28(18-16-24)37(35,36)32(22-25-9-3-1-4-10-25)23-26-11-5-2-6-12-26/h1-20H,21-23H2,(H,31,34). The zero-order valence-electron chi connectivity index (χ0n) is 20.2. The van der Waals surface area contributed by atoms with Crippen molar-refractivity contribution in [3.8, 4) is 0 Å². The molecule has 0 radical (unpaired) electrons. The highest BCUT2D eigenvalue weighted by atomic mass is 32.2. The smallest absolute Gasteiger partial charge is 0.326 e. The lowest BCUT2D eigenvalue weighted by Gasteiger charge is -2.23. The van der Waals surface area contributed by atoms with Gasteiger partial charge in [-0.1, -0.05) is 91.0 Å². The van der Waals surface area contributed by atoms with Crippen LogP contribution in [0.3, 0.4) is 0 Å². The Morgan fingerprint density at radius 3 is 1.86 bits per heavy atom. The highest BCUT2D eigenvalue weighted by Crippen LogP contribution is 2.22. The number of rotatable bonds is 8. The van der Waals surface area contributed by atoms with Crippen LogP contribution >= 0.6 is 0 Å². The van der Waals surface area contributed by atoms with Crippen molar-refractivity contribution in [2.75, 3.05) is 0 Å². The van der Waals surface area contributed by atoms with Crippen LogP contribution in [-0.2, 0) is 29.7 Å². The van der Waals surface area contributed by atoms with Crippen molar-refractivity contribution in [1.29, 1.82) is 0 Å². The first-order valence-corrected chi connectivity index (χ1v) is 13.5. The van der Waals surface area contributed by atoms with E-state index in [4.69, 9.17) is 0 Å². The number of aromatic nitrogens is 1. The van der Waals surface area contributed by atoms with Crippen LogP contribution in [-0.4, -0.2) is 23.3 Å². The van der Waals surface area contributed by atoms with Crippen LogP contribution in [0.2, 0.25) is 0 Å². The van der Waals surface area contributed by atoms with Crippen molar-refractivity contribution in [3.63, 3.8) is 0 Å². The third-order valence-corrected chi connectivity index (χ3v) is 8.03. The van der Waals surface area contributed by atoms with Gasteiger partial charge in [0.25, 0.3) is 0 Å². The molecule has 1 heterocycles. The molecule has 0 saturated carbocycles. The number of benzene rings is 4. The molecule has 7 heteroatoms. The molecule has 0 aliphatic rings. The van der Waals surface area contributed by atoms with E-state index < -0.39 is 10.0 Å². The summed E-state index contributed by atoms with van der Waals surface area (Å²) in [5, 5.41) is 3.89. The molecule has 0 fully saturated rings. The van der Waals surface area contributed by atoms with E-state index in [-0.39, 0.29) is 30.6 Å². The fraction of sp³-hybridized carbons (Fsp3) is 0.100. The zero-order chi connectivity index (χ0) is 25.7. The second-order valence-electron chi connectivity index (χ2n) is 8.79. The summed E-state index contributed by atoms with van der Waals surface area (Å²) in [5.41, 5.74) is 3.47. The van der Waals surface area contributed by atoms with Gasteiger partial charge in [0.05, 0.1) is 10.4 Å². The van der Waals surface area contributed by atoms with Gasteiger partial charge in [-0.25, -0.2) is 13.2 Å². The second-order valence-corrected chi connectivity index (χ2v) is 10.7. The molecule has 4 aromatic carbocycles. The number of hydrogen-bond donors (Lipinski definition) is 1. The lowest BCUT2D eigenvalue weighted by Crippen LogP contribution is -2.30. The number of carbonyl (C=O) groups is 1. The Kier molecular flexibility index (Phi) is 7.16. The third kappa shape index (κ3) is 5.63. The third-order valence-electron chi connectivity index (χ3n) is 6.23. The maximum absolute atomic E-state index is 13.7. The molecule has 0 aliphatic heterocycles. The van der Waals surface area contributed by atoms with Crippen LogP contribution in [0, 0.1) is 0 Å². The van der Waals surface area contributed by atoms with Crippen molar-refractivity contribution in [2.45, 2.75) is 24.5 Å². The van der Waals surface area contributed by atoms with Gasteiger partial charge >= 0.3 is 6.03 Å². The summed E-state index contributed by atoms with van der Waals surface area (Å²) >= 11 is 0. The van der Waals surface area contributed by atoms with E-state index in [9.17, 15) is 13.2 Å². The highest BCUT2D eigenvalue weighted by molar-refractivity contribution is 7.89. The van der Waals surface area contributed by atoms with Crippen molar-refractivity contribution in [1.82, 2.24) is 14.2 Å². The Morgan fingerprint density at radius 2 is 1.24 bits per heavy atom. The van der Waals surface area contributed by atoms with Gasteiger partial charge in [-0.2, -0.15) is 4.31 Å². The molecule has 0 atom stereocenters. The molecule has 1 N–H and O–H groups in total. The number of sulfonamides is 1. The summed E-state index contributed by atoms with van der Waals surface area (Å²) in [7, 11) is -3.76. The monoisotopic (exact) mass is 509 g/mol. The summed E-state index contributed by atoms with van der Waals surface area (Å²) in [6.45, 7) is 0.810. The van der Waals surface area contributed by atoms with Crippen LogP contribution in [0.5, 0.6) is 0 Å². The average Bonchev–Trinajstić information content (AvgIpc) is 3.37. The predicted octanol–water partition coefficient (Wildman–Crippen LogP) is 5.79. The van der Waals surface area contributed by atoms with Gasteiger partial charge in [0.1, 0.15) is 0 Å². The quantitative estimate of drug-likeness (QED) is 0.288. The molecule has 0 saturated heterocycles. The van der Waals surface area contributed by atoms with E-state index in [2.05, 4.69) is 5.32 Å². The minimum absolute atomic E-state index is 0.214. The molecule has 0 unspecified atom stereocenters. The lowest BCUT2D eigenvalue weighted by molar-refractivity contribution is 0.243. The first-order chi connectivity index (χ1) is 18.0. The molecule has 0 bridgehead atoms. The maximum Gasteiger partial charge on any atom is 0.326 e. The largest absolute Gasteiger partial charge is 0.333 e. The molecule has 1 amide bonds. The number of hydrogen-bond acceptors (Lipinski definition) is 3. The van der Waals surface area contributed by atoms with E-state index in [0.717, 1.165) is 27.6 Å². The first kappa shape index (κ1) is 24.5. The molecule has 186 valence electrons. The molecular weight excluding hydrogens is 482 g/mol. The van der Waals surface area contributed by atoms with Crippen LogP contribution in [0.25, 0.3) is 10.9 Å². The van der Waals surface area contributed by atoms with Crippen LogP contribution in [0.4, 0.5) is 4.79 Å². The van der Waals surface area contributed by atoms with E-state index >= 15 is 0 Å². The number of carbonyl (C=O) groups excluding carboxylic acids is 1. The fourth-order valence-corrected chi connectivity index (χ4v) is 5.67. The zero-order valence-corrected chi connectivity index (χ0v) is 21.0. The van der Waals surface area contributed by atoms with Crippen molar-refractivity contribution < 1.29 is 13.2 Å². The van der Waals surface area contributed by atoms with Gasteiger partial charge in [-0.15, -0.1) is 0 Å². The van der Waals surface area contributed by atoms with Crippen molar-refractivity contribution >= 4 is 27.0 Å². The summed E-state index contributed by atoms with van der Waals surface area (Å²) in [6.07, 6.45) is 1.74. The summed E-state index contributed by atoms with van der Waals surface area (Å²) in [6, 6.07) is 35.2. The van der Waals surface area contributed by atoms with E-state index in [1.165, 1.54) is 4.31 Å². The van der Waals surface area contributed by atoms with E-state index in [1.807, 2.05) is 91.0 Å². The van der Waals surface area contributed by atoms with Gasteiger partial charge in [0, 0.05) is 31.2 Å². The topological polar surface area (TPSA) is 71.4 Å². The van der Waals surface area contributed by atoms with E-state index in [0.29, 0.717) is 0 Å². The number of fused-ring (bicyclic) bond motifs is 1. The predicted molar refractivity (Wildman–Crippen MR) is 145 cm³/mol. The lowest BCUT2D eigenvalue weighted by atomic mass is 10.2. The van der Waals surface area contributed by atoms with Crippen LogP contribution in [0.15, 0.2) is 126 Å². The normalized spacial score (nSPS) is 11.6. The maximum atomic E-state index is 13.7. The summed E-state index contributed by atoms with van der Waals surface area (Å²) < 4.78 is 30.4. The van der Waals surface area contributed by atoms with E-state index in [1.54, 1.807) is 35.0 Å². The number of para-hydroxylation sites is 1. The van der Waals surface area contributed by atoms with Crippen LogP contribution in [0.1, 0.15) is 16.7 Å². The molecule has 0 spiro atoms. The SMILES string of the molecule is O=C(NCc1ccc(S(=O)(=O)N(Cc2ccccc2)Cc2ccccc2)cc1)n1ccc2ccccc21. The van der Waals surface area contributed by atoms with Gasteiger partial charge < -0.3 is 5.32 Å². The van der Waals surface area contributed by atoms with Gasteiger partial charge in [0.15, 0.2) is 0 Å². The van der Waals surface area contributed by atoms with Gasteiger partial charge in [0.2, 0.25) is 10.0 Å². The number of nitrogens with zero attached hydrogens (tertiary/aromatic N) is 2. The Labute approximate surface area is 216 Å². The molecule has 0 aliphatic carbocycles. The molecule has 5 rings (SSSR count). The number of amides is 1. The Morgan fingerprint density at radius 1 is 0.676 bits per heavy atom. The summed E-state index contributed by atoms with van der Waals surface area (Å²) in [4.78, 5) is 12.9. The second kappa shape index (κ2) is 10.8. The van der Waals surface area contributed by atoms with Gasteiger partial charge in [-0.3, -0.25) is 4.57 Å². The van der Waals surface area contributed by atoms with Crippen molar-refractivity contribution in [2.24, 2.45) is 0 Å². The Balaban J connectivity index is 1.31. The average molecular weight is 510 g/mol. The van der Waals surface area contributed by atoms with Gasteiger partial charge in [-0.05, 0) is 41.0 Å². The molecule has 5 aromatic rings. The van der Waals surface area contributed by atoms with Crippen molar-refractivity contribution in [3.05, 3.63) is 138 Å². The Bertz CT molecular complexity index is 1560. The molecule has 37 heavy (non-hydrogen) atoms. The summed E-state index contributed by atoms with van der Waals surface area (Å²) in [5.74, 6) is 0. The highest BCUT2D eigenvalue weighted by Gasteiger charge is 2.25. The fourth-order valence-electron chi connectivity index (χ4n) is 4.25.